The molecule has 0 spiro atoms. The number of nitriles is 2. The predicted molar refractivity (Wildman–Crippen MR) is 79.6 cm³/mol. The molecule has 0 saturated heterocycles. The largest absolute Gasteiger partial charge is 0.241 e. The van der Waals surface area contributed by atoms with Crippen molar-refractivity contribution in [3.05, 3.63) is 83.4 Å². The molecule has 0 saturated carbocycles. The minimum Gasteiger partial charge on any atom is -0.241 e. The second kappa shape index (κ2) is 5.90. The van der Waals surface area contributed by atoms with E-state index in [9.17, 15) is 5.26 Å². The lowest BCUT2D eigenvalue weighted by Crippen LogP contribution is -2.14. The van der Waals surface area contributed by atoms with Crippen LogP contribution in [0.25, 0.3) is 0 Å². The van der Waals surface area contributed by atoms with Crippen molar-refractivity contribution in [1.82, 2.24) is 14.8 Å². The average Bonchev–Trinajstić information content (AvgIpc) is 3.10. The third-order valence-corrected chi connectivity index (χ3v) is 3.43. The van der Waals surface area contributed by atoms with Gasteiger partial charge < -0.3 is 0 Å². The molecule has 1 aromatic heterocycles. The Kier molecular flexibility index (Phi) is 3.63. The molecule has 22 heavy (non-hydrogen) atoms. The third kappa shape index (κ3) is 2.44. The fourth-order valence-electron chi connectivity index (χ4n) is 2.40. The quantitative estimate of drug-likeness (QED) is 0.741. The van der Waals surface area contributed by atoms with E-state index < -0.39 is 0 Å². The topological polar surface area (TPSA) is 78.3 Å². The van der Waals surface area contributed by atoms with Crippen molar-refractivity contribution in [3.8, 4) is 12.1 Å². The SMILES string of the molecule is N#Cc1ccc(C(c2ccccc2C#N)n2cncn2)cc1. The fraction of sp³-hybridized carbons (Fsp3) is 0.0588. The highest BCUT2D eigenvalue weighted by Gasteiger charge is 2.20. The molecule has 1 heterocycles. The van der Waals surface area contributed by atoms with Gasteiger partial charge in [-0.1, -0.05) is 30.3 Å². The van der Waals surface area contributed by atoms with E-state index in [0.29, 0.717) is 11.1 Å². The Hall–Kier alpha value is -3.44. The molecule has 1 unspecified atom stereocenters. The molecule has 0 aliphatic carbocycles. The summed E-state index contributed by atoms with van der Waals surface area (Å²) in [6.45, 7) is 0. The Bertz CT molecular complexity index is 851. The van der Waals surface area contributed by atoms with Crippen LogP contribution in [0.1, 0.15) is 28.3 Å². The molecule has 0 N–H and O–H groups in total. The van der Waals surface area contributed by atoms with Crippen LogP contribution in [0.3, 0.4) is 0 Å². The monoisotopic (exact) mass is 285 g/mol. The summed E-state index contributed by atoms with van der Waals surface area (Å²) in [5, 5.41) is 22.5. The summed E-state index contributed by atoms with van der Waals surface area (Å²) >= 11 is 0. The first-order valence-electron chi connectivity index (χ1n) is 6.66. The van der Waals surface area contributed by atoms with Crippen molar-refractivity contribution in [2.45, 2.75) is 6.04 Å². The molecule has 5 nitrogen and oxygen atoms in total. The molecule has 0 bridgehead atoms. The Balaban J connectivity index is 2.17. The van der Waals surface area contributed by atoms with Crippen LogP contribution in [-0.4, -0.2) is 14.8 Å². The summed E-state index contributed by atoms with van der Waals surface area (Å²) in [4.78, 5) is 4.00. The van der Waals surface area contributed by atoms with Crippen molar-refractivity contribution < 1.29 is 0 Å². The van der Waals surface area contributed by atoms with E-state index in [1.54, 1.807) is 29.2 Å². The molecule has 0 fully saturated rings. The molecule has 2 aromatic carbocycles. The standard InChI is InChI=1S/C17H11N5/c18-9-13-5-7-14(8-6-13)17(22-12-20-11-21-22)16-4-2-1-3-15(16)10-19/h1-8,11-12,17H. The van der Waals surface area contributed by atoms with Gasteiger partial charge in [-0.25, -0.2) is 9.67 Å². The van der Waals surface area contributed by atoms with Crippen molar-refractivity contribution in [3.63, 3.8) is 0 Å². The average molecular weight is 285 g/mol. The molecule has 3 rings (SSSR count). The second-order valence-electron chi connectivity index (χ2n) is 4.71. The molecule has 0 amide bonds. The van der Waals surface area contributed by atoms with Gasteiger partial charge in [-0.15, -0.1) is 0 Å². The van der Waals surface area contributed by atoms with Gasteiger partial charge in [0.2, 0.25) is 0 Å². The van der Waals surface area contributed by atoms with Crippen LogP contribution in [0, 0.1) is 22.7 Å². The fourth-order valence-corrected chi connectivity index (χ4v) is 2.40. The molecule has 104 valence electrons. The number of benzene rings is 2. The van der Waals surface area contributed by atoms with Gasteiger partial charge in [-0.2, -0.15) is 15.6 Å². The lowest BCUT2D eigenvalue weighted by atomic mass is 9.94. The summed E-state index contributed by atoms with van der Waals surface area (Å²) in [5.74, 6) is 0. The first-order valence-corrected chi connectivity index (χ1v) is 6.66. The van der Waals surface area contributed by atoms with Crippen molar-refractivity contribution in [1.29, 1.82) is 10.5 Å². The zero-order valence-corrected chi connectivity index (χ0v) is 11.6. The van der Waals surface area contributed by atoms with Crippen LogP contribution in [0.2, 0.25) is 0 Å². The lowest BCUT2D eigenvalue weighted by Gasteiger charge is -2.19. The van der Waals surface area contributed by atoms with Crippen LogP contribution < -0.4 is 0 Å². The number of hydrogen-bond donors (Lipinski definition) is 0. The van der Waals surface area contributed by atoms with Gasteiger partial charge in [-0.05, 0) is 29.3 Å². The molecule has 0 radical (unpaired) electrons. The van der Waals surface area contributed by atoms with E-state index in [2.05, 4.69) is 22.2 Å². The Morgan fingerprint density at radius 2 is 1.73 bits per heavy atom. The zero-order valence-electron chi connectivity index (χ0n) is 11.6. The van der Waals surface area contributed by atoms with E-state index in [4.69, 9.17) is 5.26 Å². The number of nitrogens with zero attached hydrogens (tertiary/aromatic N) is 5. The van der Waals surface area contributed by atoms with Crippen LogP contribution in [0.15, 0.2) is 61.2 Å². The van der Waals surface area contributed by atoms with Gasteiger partial charge in [0.15, 0.2) is 0 Å². The van der Waals surface area contributed by atoms with E-state index in [1.165, 1.54) is 6.33 Å². The predicted octanol–water partition coefficient (Wildman–Crippen LogP) is 2.66. The normalized spacial score (nSPS) is 11.4. The lowest BCUT2D eigenvalue weighted by molar-refractivity contribution is 0.593. The van der Waals surface area contributed by atoms with E-state index in [1.807, 2.05) is 30.3 Å². The smallest absolute Gasteiger partial charge is 0.137 e. The summed E-state index contributed by atoms with van der Waals surface area (Å²) in [6, 6.07) is 18.7. The molecule has 0 aliphatic rings. The van der Waals surface area contributed by atoms with Gasteiger partial charge in [0, 0.05) is 0 Å². The van der Waals surface area contributed by atoms with Gasteiger partial charge in [0.25, 0.3) is 0 Å². The number of rotatable bonds is 3. The highest BCUT2D eigenvalue weighted by molar-refractivity contribution is 5.45. The van der Waals surface area contributed by atoms with Crippen molar-refractivity contribution in [2.24, 2.45) is 0 Å². The Morgan fingerprint density at radius 1 is 0.955 bits per heavy atom. The van der Waals surface area contributed by atoms with Crippen molar-refractivity contribution >= 4 is 0 Å². The first kappa shape index (κ1) is 13.5. The van der Waals surface area contributed by atoms with Gasteiger partial charge in [0.05, 0.1) is 23.3 Å². The second-order valence-corrected chi connectivity index (χ2v) is 4.71. The van der Waals surface area contributed by atoms with E-state index in [0.717, 1.165) is 11.1 Å². The van der Waals surface area contributed by atoms with Crippen LogP contribution in [-0.2, 0) is 0 Å². The molecule has 3 aromatic rings. The Labute approximate surface area is 127 Å². The minimum atomic E-state index is -0.258. The summed E-state index contributed by atoms with van der Waals surface area (Å²) in [7, 11) is 0. The molecule has 5 heteroatoms. The maximum absolute atomic E-state index is 9.36. The maximum atomic E-state index is 9.36. The summed E-state index contributed by atoms with van der Waals surface area (Å²) < 4.78 is 1.71. The minimum absolute atomic E-state index is 0.258. The van der Waals surface area contributed by atoms with Crippen LogP contribution >= 0.6 is 0 Å². The van der Waals surface area contributed by atoms with Crippen LogP contribution in [0.5, 0.6) is 0 Å². The number of hydrogen-bond acceptors (Lipinski definition) is 4. The Morgan fingerprint density at radius 3 is 2.36 bits per heavy atom. The molecule has 0 aliphatic heterocycles. The summed E-state index contributed by atoms with van der Waals surface area (Å²) in [5.41, 5.74) is 2.97. The van der Waals surface area contributed by atoms with Crippen LogP contribution in [0.4, 0.5) is 0 Å². The third-order valence-electron chi connectivity index (χ3n) is 3.43. The summed E-state index contributed by atoms with van der Waals surface area (Å²) in [6.07, 6.45) is 3.09. The highest BCUT2D eigenvalue weighted by Crippen LogP contribution is 2.28. The van der Waals surface area contributed by atoms with E-state index >= 15 is 0 Å². The highest BCUT2D eigenvalue weighted by atomic mass is 15.3. The number of aromatic nitrogens is 3. The van der Waals surface area contributed by atoms with Crippen molar-refractivity contribution in [2.75, 3.05) is 0 Å². The van der Waals surface area contributed by atoms with Gasteiger partial charge in [0.1, 0.15) is 18.7 Å². The zero-order chi connectivity index (χ0) is 15.4. The van der Waals surface area contributed by atoms with E-state index in [-0.39, 0.29) is 6.04 Å². The van der Waals surface area contributed by atoms with Gasteiger partial charge in [-0.3, -0.25) is 0 Å². The first-order chi connectivity index (χ1) is 10.8. The molecular formula is C17H11N5. The molecular weight excluding hydrogens is 274 g/mol. The van der Waals surface area contributed by atoms with Gasteiger partial charge >= 0.3 is 0 Å². The maximum Gasteiger partial charge on any atom is 0.137 e. The molecule has 1 atom stereocenters.